The van der Waals surface area contributed by atoms with Crippen molar-refractivity contribution in [2.75, 3.05) is 13.1 Å². The molecule has 2 atom stereocenters. The molecule has 0 aromatic carbocycles. The van der Waals surface area contributed by atoms with Crippen molar-refractivity contribution in [3.63, 3.8) is 0 Å². The summed E-state index contributed by atoms with van der Waals surface area (Å²) in [5.41, 5.74) is 5.40. The zero-order valence-corrected chi connectivity index (χ0v) is 8.55. The predicted octanol–water partition coefficient (Wildman–Crippen LogP) is 1.13. The number of rotatable bonds is 1. The Labute approximate surface area is 86.4 Å². The van der Waals surface area contributed by atoms with Gasteiger partial charge in [0.25, 0.3) is 0 Å². The van der Waals surface area contributed by atoms with Gasteiger partial charge < -0.3 is 10.6 Å². The standard InChI is InChI=1S/C9H15F3N2O/c1-6-3-2-4-14(7(6)5-13)8(15)9(10,11)12/h6-7H,2-5,13H2,1H3. The van der Waals surface area contributed by atoms with E-state index in [1.165, 1.54) is 0 Å². The molecule has 2 unspecified atom stereocenters. The van der Waals surface area contributed by atoms with Crippen molar-refractivity contribution in [1.82, 2.24) is 4.90 Å². The molecule has 1 saturated heterocycles. The molecule has 1 aliphatic rings. The van der Waals surface area contributed by atoms with Gasteiger partial charge in [-0.1, -0.05) is 6.92 Å². The fourth-order valence-electron chi connectivity index (χ4n) is 2.02. The highest BCUT2D eigenvalue weighted by molar-refractivity contribution is 5.82. The summed E-state index contributed by atoms with van der Waals surface area (Å²) in [6.45, 7) is 2.07. The van der Waals surface area contributed by atoms with E-state index in [4.69, 9.17) is 5.73 Å². The van der Waals surface area contributed by atoms with Crippen LogP contribution in [0.2, 0.25) is 0 Å². The van der Waals surface area contributed by atoms with Gasteiger partial charge in [0.2, 0.25) is 0 Å². The average molecular weight is 224 g/mol. The summed E-state index contributed by atoms with van der Waals surface area (Å²) in [5.74, 6) is -1.72. The van der Waals surface area contributed by atoms with E-state index in [2.05, 4.69) is 0 Å². The van der Waals surface area contributed by atoms with Crippen LogP contribution in [0, 0.1) is 5.92 Å². The molecule has 0 spiro atoms. The van der Waals surface area contributed by atoms with Crippen LogP contribution < -0.4 is 5.73 Å². The summed E-state index contributed by atoms with van der Waals surface area (Å²) < 4.78 is 36.7. The van der Waals surface area contributed by atoms with Crippen LogP contribution in [0.1, 0.15) is 19.8 Å². The first-order chi connectivity index (χ1) is 6.88. The number of nitrogens with zero attached hydrogens (tertiary/aromatic N) is 1. The van der Waals surface area contributed by atoms with Crippen LogP contribution in [0.5, 0.6) is 0 Å². The molecule has 1 aliphatic heterocycles. The Morgan fingerprint density at radius 3 is 2.60 bits per heavy atom. The van der Waals surface area contributed by atoms with Gasteiger partial charge in [-0.3, -0.25) is 4.79 Å². The molecule has 2 N–H and O–H groups in total. The van der Waals surface area contributed by atoms with Crippen molar-refractivity contribution in [3.8, 4) is 0 Å². The highest BCUT2D eigenvalue weighted by Gasteiger charge is 2.46. The van der Waals surface area contributed by atoms with Crippen LogP contribution in [-0.2, 0) is 4.79 Å². The first kappa shape index (κ1) is 12.3. The van der Waals surface area contributed by atoms with Crippen LogP contribution in [0.3, 0.4) is 0 Å². The van der Waals surface area contributed by atoms with Crippen molar-refractivity contribution in [1.29, 1.82) is 0 Å². The van der Waals surface area contributed by atoms with Crippen LogP contribution in [-0.4, -0.2) is 36.1 Å². The average Bonchev–Trinajstić information content (AvgIpc) is 2.14. The van der Waals surface area contributed by atoms with E-state index >= 15 is 0 Å². The Bertz CT molecular complexity index is 242. The first-order valence-electron chi connectivity index (χ1n) is 4.95. The SMILES string of the molecule is CC1CCCN(C(=O)C(F)(F)F)C1CN. The quantitative estimate of drug-likeness (QED) is 0.725. The zero-order valence-electron chi connectivity index (χ0n) is 8.55. The number of amides is 1. The molecule has 1 heterocycles. The lowest BCUT2D eigenvalue weighted by Crippen LogP contribution is -2.55. The number of piperidine rings is 1. The summed E-state index contributed by atoms with van der Waals surface area (Å²) in [4.78, 5) is 11.9. The van der Waals surface area contributed by atoms with E-state index in [-0.39, 0.29) is 19.0 Å². The third-order valence-electron chi connectivity index (χ3n) is 2.86. The van der Waals surface area contributed by atoms with E-state index in [1.54, 1.807) is 0 Å². The Kier molecular flexibility index (Phi) is 3.59. The lowest BCUT2D eigenvalue weighted by molar-refractivity contribution is -0.190. The minimum absolute atomic E-state index is 0.0371. The van der Waals surface area contributed by atoms with Gasteiger partial charge in [-0.25, -0.2) is 0 Å². The van der Waals surface area contributed by atoms with Gasteiger partial charge in [-0.05, 0) is 18.8 Å². The molecule has 15 heavy (non-hydrogen) atoms. The number of carbonyl (C=O) groups is 1. The number of nitrogens with two attached hydrogens (primary N) is 1. The maximum absolute atomic E-state index is 12.2. The Morgan fingerprint density at radius 1 is 1.53 bits per heavy atom. The summed E-state index contributed by atoms with van der Waals surface area (Å²) in [6.07, 6.45) is -3.35. The number of carbonyl (C=O) groups excluding carboxylic acids is 1. The van der Waals surface area contributed by atoms with Gasteiger partial charge in [-0.2, -0.15) is 13.2 Å². The molecule has 1 fully saturated rings. The zero-order chi connectivity index (χ0) is 11.6. The minimum Gasteiger partial charge on any atom is -0.330 e. The predicted molar refractivity (Wildman–Crippen MR) is 49.0 cm³/mol. The van der Waals surface area contributed by atoms with Gasteiger partial charge in [0, 0.05) is 19.1 Å². The number of likely N-dealkylation sites (tertiary alicyclic amines) is 1. The van der Waals surface area contributed by atoms with Crippen molar-refractivity contribution < 1.29 is 18.0 Å². The molecule has 1 amide bonds. The van der Waals surface area contributed by atoms with Crippen molar-refractivity contribution in [2.24, 2.45) is 11.7 Å². The number of halogens is 3. The maximum Gasteiger partial charge on any atom is 0.471 e. The third-order valence-corrected chi connectivity index (χ3v) is 2.86. The Morgan fingerprint density at radius 2 is 2.13 bits per heavy atom. The minimum atomic E-state index is -4.79. The van der Waals surface area contributed by atoms with Crippen molar-refractivity contribution in [3.05, 3.63) is 0 Å². The normalized spacial score (nSPS) is 27.9. The van der Waals surface area contributed by atoms with E-state index in [0.717, 1.165) is 11.3 Å². The smallest absolute Gasteiger partial charge is 0.330 e. The summed E-state index contributed by atoms with van der Waals surface area (Å²) in [5, 5.41) is 0. The molecule has 0 aromatic rings. The van der Waals surface area contributed by atoms with E-state index < -0.39 is 18.1 Å². The van der Waals surface area contributed by atoms with E-state index in [0.29, 0.717) is 6.42 Å². The summed E-state index contributed by atoms with van der Waals surface area (Å²) >= 11 is 0. The van der Waals surface area contributed by atoms with Crippen molar-refractivity contribution >= 4 is 5.91 Å². The molecule has 0 bridgehead atoms. The van der Waals surface area contributed by atoms with Gasteiger partial charge >= 0.3 is 12.1 Å². The number of hydrogen-bond acceptors (Lipinski definition) is 2. The second-order valence-corrected chi connectivity index (χ2v) is 3.92. The highest BCUT2D eigenvalue weighted by atomic mass is 19.4. The molecule has 0 saturated carbocycles. The van der Waals surface area contributed by atoms with Crippen LogP contribution in [0.4, 0.5) is 13.2 Å². The molecular formula is C9H15F3N2O. The van der Waals surface area contributed by atoms with Gasteiger partial charge in [-0.15, -0.1) is 0 Å². The van der Waals surface area contributed by atoms with Gasteiger partial charge in [0.15, 0.2) is 0 Å². The fourth-order valence-corrected chi connectivity index (χ4v) is 2.02. The number of alkyl halides is 3. The molecule has 6 heteroatoms. The van der Waals surface area contributed by atoms with E-state index in [1.807, 2.05) is 6.92 Å². The fraction of sp³-hybridized carbons (Fsp3) is 0.889. The molecule has 0 radical (unpaired) electrons. The first-order valence-corrected chi connectivity index (χ1v) is 4.95. The summed E-state index contributed by atoms with van der Waals surface area (Å²) in [7, 11) is 0. The van der Waals surface area contributed by atoms with Gasteiger partial charge in [0.1, 0.15) is 0 Å². The monoisotopic (exact) mass is 224 g/mol. The number of hydrogen-bond donors (Lipinski definition) is 1. The Hall–Kier alpha value is -0.780. The molecular weight excluding hydrogens is 209 g/mol. The highest BCUT2D eigenvalue weighted by Crippen LogP contribution is 2.27. The molecule has 3 nitrogen and oxygen atoms in total. The lowest BCUT2D eigenvalue weighted by Gasteiger charge is -2.39. The van der Waals surface area contributed by atoms with E-state index in [9.17, 15) is 18.0 Å². The summed E-state index contributed by atoms with van der Waals surface area (Å²) in [6, 6.07) is -0.479. The second-order valence-electron chi connectivity index (χ2n) is 3.92. The van der Waals surface area contributed by atoms with Crippen LogP contribution >= 0.6 is 0 Å². The third kappa shape index (κ3) is 2.62. The van der Waals surface area contributed by atoms with Crippen molar-refractivity contribution in [2.45, 2.75) is 32.0 Å². The lowest BCUT2D eigenvalue weighted by atomic mass is 9.91. The molecule has 1 rings (SSSR count). The van der Waals surface area contributed by atoms with Gasteiger partial charge in [0.05, 0.1) is 0 Å². The topological polar surface area (TPSA) is 46.3 Å². The molecule has 88 valence electrons. The van der Waals surface area contributed by atoms with Crippen LogP contribution in [0.15, 0.2) is 0 Å². The molecule has 0 aromatic heterocycles. The Balaban J connectivity index is 2.78. The largest absolute Gasteiger partial charge is 0.471 e. The second kappa shape index (κ2) is 4.38. The molecule has 0 aliphatic carbocycles. The van der Waals surface area contributed by atoms with Crippen LogP contribution in [0.25, 0.3) is 0 Å². The maximum atomic E-state index is 12.2.